The Bertz CT molecular complexity index is 1020. The summed E-state index contributed by atoms with van der Waals surface area (Å²) in [7, 11) is 0. The van der Waals surface area contributed by atoms with Crippen molar-refractivity contribution < 1.29 is 14.4 Å². The molecule has 0 aliphatic heterocycles. The number of rotatable bonds is 5. The molecule has 140 valence electrons. The van der Waals surface area contributed by atoms with Crippen molar-refractivity contribution in [1.82, 2.24) is 0 Å². The van der Waals surface area contributed by atoms with E-state index < -0.39 is 11.9 Å². The van der Waals surface area contributed by atoms with Crippen LogP contribution in [-0.4, -0.2) is 11.9 Å². The van der Waals surface area contributed by atoms with Crippen molar-refractivity contribution in [3.63, 3.8) is 0 Å². The van der Waals surface area contributed by atoms with Crippen LogP contribution in [0.15, 0.2) is 83.0 Å². The molecule has 3 aromatic carbocycles. The molecule has 0 spiro atoms. The molecular weight excluding hydrogens is 378 g/mol. The average Bonchev–Trinajstić information content (AvgIpc) is 2.72. The summed E-state index contributed by atoms with van der Waals surface area (Å²) >= 11 is 5.95. The quantitative estimate of drug-likeness (QED) is 0.441. The molecule has 0 aliphatic carbocycles. The fourth-order valence-electron chi connectivity index (χ4n) is 2.24. The molecule has 0 atom stereocenters. The van der Waals surface area contributed by atoms with E-state index in [2.05, 4.69) is 15.7 Å². The number of azo groups is 1. The molecule has 0 saturated carbocycles. The van der Waals surface area contributed by atoms with Gasteiger partial charge < -0.3 is 4.84 Å². The van der Waals surface area contributed by atoms with Gasteiger partial charge in [-0.2, -0.15) is 0 Å². The Morgan fingerprint density at radius 3 is 2.29 bits per heavy atom. The van der Waals surface area contributed by atoms with Crippen molar-refractivity contribution in [2.24, 2.45) is 10.2 Å². The number of nitrogens with one attached hydrogen (secondary N) is 1. The largest absolute Gasteiger partial charge is 0.364 e. The van der Waals surface area contributed by atoms with Gasteiger partial charge in [-0.25, -0.2) is 10.3 Å². The van der Waals surface area contributed by atoms with E-state index >= 15 is 0 Å². The molecule has 1 amide bonds. The van der Waals surface area contributed by atoms with Crippen LogP contribution in [0.5, 0.6) is 0 Å². The third-order valence-corrected chi connectivity index (χ3v) is 4.11. The van der Waals surface area contributed by atoms with Gasteiger partial charge >= 0.3 is 5.97 Å². The van der Waals surface area contributed by atoms with Crippen molar-refractivity contribution >= 4 is 34.9 Å². The Hall–Kier alpha value is -3.51. The molecule has 0 fully saturated rings. The molecule has 3 rings (SSSR count). The number of amides is 1. The molecule has 28 heavy (non-hydrogen) atoms. The van der Waals surface area contributed by atoms with E-state index in [1.54, 1.807) is 60.7 Å². The Labute approximate surface area is 166 Å². The molecule has 0 saturated heterocycles. The summed E-state index contributed by atoms with van der Waals surface area (Å²) in [4.78, 5) is 29.0. The Morgan fingerprint density at radius 2 is 1.61 bits per heavy atom. The van der Waals surface area contributed by atoms with E-state index in [0.717, 1.165) is 5.56 Å². The van der Waals surface area contributed by atoms with E-state index in [-0.39, 0.29) is 5.56 Å². The average molecular weight is 394 g/mol. The van der Waals surface area contributed by atoms with E-state index in [0.29, 0.717) is 22.0 Å². The third kappa shape index (κ3) is 5.02. The summed E-state index contributed by atoms with van der Waals surface area (Å²) in [6, 6.07) is 20.2. The molecule has 1 N–H and O–H groups in total. The van der Waals surface area contributed by atoms with Crippen LogP contribution in [0.3, 0.4) is 0 Å². The van der Waals surface area contributed by atoms with E-state index in [9.17, 15) is 9.59 Å². The number of benzene rings is 3. The number of carbonyl (C=O) groups excluding carboxylic acids is 2. The molecule has 0 radical (unpaired) electrons. The predicted octanol–water partition coefficient (Wildman–Crippen LogP) is 5.76. The minimum atomic E-state index is -0.599. The van der Waals surface area contributed by atoms with Gasteiger partial charge in [-0.05, 0) is 55.5 Å². The van der Waals surface area contributed by atoms with Crippen LogP contribution in [0.2, 0.25) is 5.02 Å². The minimum absolute atomic E-state index is 0.261. The summed E-state index contributed by atoms with van der Waals surface area (Å²) in [6.45, 7) is 1.94. The molecule has 0 aliphatic rings. The SMILES string of the molecule is Cc1ccc(C(=O)N=Nc2ccc(NOC(=O)c3ccccc3Cl)cc2)cc1. The summed E-state index contributed by atoms with van der Waals surface area (Å²) < 4.78 is 0. The first-order valence-electron chi connectivity index (χ1n) is 8.37. The Balaban J connectivity index is 1.57. The number of carbonyl (C=O) groups is 2. The van der Waals surface area contributed by atoms with Crippen LogP contribution < -0.4 is 5.48 Å². The summed E-state index contributed by atoms with van der Waals surface area (Å²) in [5.74, 6) is -1.02. The Kier molecular flexibility index (Phi) is 6.14. The summed E-state index contributed by atoms with van der Waals surface area (Å²) in [5, 5.41) is 7.94. The molecule has 0 aromatic heterocycles. The van der Waals surface area contributed by atoms with Crippen LogP contribution in [0, 0.1) is 6.92 Å². The lowest BCUT2D eigenvalue weighted by molar-refractivity contribution is 0.0596. The monoisotopic (exact) mass is 393 g/mol. The number of halogens is 1. The van der Waals surface area contributed by atoms with E-state index in [1.165, 1.54) is 0 Å². The second-order valence-corrected chi connectivity index (χ2v) is 6.30. The van der Waals surface area contributed by atoms with Gasteiger partial charge in [0.25, 0.3) is 5.91 Å². The van der Waals surface area contributed by atoms with Crippen LogP contribution in [-0.2, 0) is 4.84 Å². The van der Waals surface area contributed by atoms with Crippen molar-refractivity contribution in [2.45, 2.75) is 6.92 Å². The number of hydrogen-bond acceptors (Lipinski definition) is 5. The first-order chi connectivity index (χ1) is 13.5. The van der Waals surface area contributed by atoms with Crippen molar-refractivity contribution in [3.05, 3.63) is 94.5 Å². The van der Waals surface area contributed by atoms with Crippen LogP contribution in [0.1, 0.15) is 26.3 Å². The van der Waals surface area contributed by atoms with Crippen molar-refractivity contribution in [2.75, 3.05) is 5.48 Å². The van der Waals surface area contributed by atoms with Crippen LogP contribution >= 0.6 is 11.6 Å². The van der Waals surface area contributed by atoms with Gasteiger partial charge in [0.1, 0.15) is 0 Å². The lowest BCUT2D eigenvalue weighted by Crippen LogP contribution is -2.11. The van der Waals surface area contributed by atoms with E-state index in [1.807, 2.05) is 19.1 Å². The fraction of sp³-hybridized carbons (Fsp3) is 0.0476. The zero-order valence-corrected chi connectivity index (χ0v) is 15.7. The molecular formula is C21H16ClN3O3. The first-order valence-corrected chi connectivity index (χ1v) is 8.75. The van der Waals surface area contributed by atoms with Gasteiger partial charge in [0.2, 0.25) is 0 Å². The zero-order valence-electron chi connectivity index (χ0n) is 14.9. The highest BCUT2D eigenvalue weighted by Gasteiger charge is 2.11. The Morgan fingerprint density at radius 1 is 0.929 bits per heavy atom. The number of hydrogen-bond donors (Lipinski definition) is 1. The van der Waals surface area contributed by atoms with Crippen LogP contribution in [0.25, 0.3) is 0 Å². The highest BCUT2D eigenvalue weighted by atomic mass is 35.5. The zero-order chi connectivity index (χ0) is 19.9. The van der Waals surface area contributed by atoms with Gasteiger partial charge in [0.05, 0.1) is 22.0 Å². The topological polar surface area (TPSA) is 80.1 Å². The van der Waals surface area contributed by atoms with Gasteiger partial charge in [0.15, 0.2) is 0 Å². The smallest absolute Gasteiger partial charge is 0.338 e. The maximum absolute atomic E-state index is 12.0. The molecule has 0 bridgehead atoms. The number of anilines is 1. The van der Waals surface area contributed by atoms with Gasteiger partial charge in [0, 0.05) is 5.56 Å². The second kappa shape index (κ2) is 8.92. The van der Waals surface area contributed by atoms with Crippen LogP contribution in [0.4, 0.5) is 11.4 Å². The van der Waals surface area contributed by atoms with Gasteiger partial charge in [-0.3, -0.25) is 4.79 Å². The lowest BCUT2D eigenvalue weighted by Gasteiger charge is -2.07. The third-order valence-electron chi connectivity index (χ3n) is 3.78. The molecule has 0 heterocycles. The lowest BCUT2D eigenvalue weighted by atomic mass is 10.1. The van der Waals surface area contributed by atoms with Crippen molar-refractivity contribution in [1.29, 1.82) is 0 Å². The highest BCUT2D eigenvalue weighted by Crippen LogP contribution is 2.19. The fourth-order valence-corrected chi connectivity index (χ4v) is 2.45. The van der Waals surface area contributed by atoms with E-state index in [4.69, 9.17) is 16.4 Å². The predicted molar refractivity (Wildman–Crippen MR) is 107 cm³/mol. The summed E-state index contributed by atoms with van der Waals surface area (Å²) in [5.41, 5.74) is 5.36. The number of nitrogens with zero attached hydrogens (tertiary/aromatic N) is 2. The highest BCUT2D eigenvalue weighted by molar-refractivity contribution is 6.33. The summed E-state index contributed by atoms with van der Waals surface area (Å²) in [6.07, 6.45) is 0. The molecule has 6 nitrogen and oxygen atoms in total. The maximum atomic E-state index is 12.0. The van der Waals surface area contributed by atoms with Crippen molar-refractivity contribution in [3.8, 4) is 0 Å². The van der Waals surface area contributed by atoms with Gasteiger partial charge in [-0.1, -0.05) is 41.4 Å². The van der Waals surface area contributed by atoms with Gasteiger partial charge in [-0.15, -0.1) is 10.2 Å². The standard InChI is InChI=1S/C21H16ClN3O3/c1-14-6-8-15(9-7-14)20(26)24-23-16-10-12-17(13-11-16)25-28-21(27)18-4-2-3-5-19(18)22/h2-13,25H,1H3. The normalized spacial score (nSPS) is 10.6. The number of aryl methyl sites for hydroxylation is 1. The first kappa shape index (κ1) is 19.3. The second-order valence-electron chi connectivity index (χ2n) is 5.89. The minimum Gasteiger partial charge on any atom is -0.338 e. The molecule has 0 unspecified atom stereocenters. The maximum Gasteiger partial charge on any atom is 0.364 e. The molecule has 3 aromatic rings. The molecule has 7 heteroatoms.